The van der Waals surface area contributed by atoms with Crippen molar-refractivity contribution >= 4 is 121 Å². The zero-order valence-corrected chi connectivity index (χ0v) is 54.9. The van der Waals surface area contributed by atoms with Gasteiger partial charge in [0.2, 0.25) is 0 Å². The van der Waals surface area contributed by atoms with E-state index < -0.39 is 66.9 Å². The van der Waals surface area contributed by atoms with Gasteiger partial charge in [-0.05, 0) is 133 Å². The molecule has 42 heteroatoms. The molecule has 105 heavy (non-hydrogen) atoms. The van der Waals surface area contributed by atoms with Gasteiger partial charge in [0.25, 0.3) is 17.1 Å². The zero-order valence-electron chi connectivity index (χ0n) is 52.7. The van der Waals surface area contributed by atoms with Gasteiger partial charge in [-0.15, -0.1) is 25.6 Å². The van der Waals surface area contributed by atoms with E-state index in [1.807, 2.05) is 0 Å². The maximum Gasteiger partial charge on any atom is 0.341 e. The molecule has 12 N–H and O–H groups in total. The summed E-state index contributed by atoms with van der Waals surface area (Å²) in [6.07, 6.45) is 2.99. The van der Waals surface area contributed by atoms with Crippen LogP contribution in [0.4, 0.5) is 86.1 Å². The smallest absolute Gasteiger partial charge is 0.341 e. The van der Waals surface area contributed by atoms with E-state index in [1.165, 1.54) is 109 Å². The molecule has 7 aromatic carbocycles. The molecule has 0 aliphatic heterocycles. The minimum Gasteiger partial charge on any atom is -0.350 e. The van der Waals surface area contributed by atoms with Gasteiger partial charge in [-0.25, -0.2) is 23.6 Å². The van der Waals surface area contributed by atoms with E-state index in [-0.39, 0.29) is 62.6 Å². The number of H-pyrrole nitrogens is 4. The Labute approximate surface area is 597 Å². The average Bonchev–Trinajstić information content (AvgIpc) is 1.67. The molecule has 12 rings (SSSR count). The zero-order chi connectivity index (χ0) is 75.8. The number of hydrogen-bond acceptors (Lipinski definition) is 23. The number of pyridine rings is 1. The Morgan fingerprint density at radius 2 is 0.657 bits per heavy atom. The summed E-state index contributed by atoms with van der Waals surface area (Å²) in [6, 6.07) is 39.9. The second kappa shape index (κ2) is 33.2. The molecule has 0 radical (unpaired) electrons. The molecule has 0 atom stereocenters. The first-order valence-electron chi connectivity index (χ1n) is 29.1. The third-order valence-electron chi connectivity index (χ3n) is 13.7. The van der Waals surface area contributed by atoms with Crippen LogP contribution in [0.15, 0.2) is 254 Å². The lowest BCUT2D eigenvalue weighted by molar-refractivity contribution is -0.385. The summed E-state index contributed by atoms with van der Waals surface area (Å²) in [5.41, 5.74) is 20.4. The van der Waals surface area contributed by atoms with Gasteiger partial charge >= 0.3 is 46.4 Å². The van der Waals surface area contributed by atoms with Gasteiger partial charge in [-0.2, -0.15) is 34.1 Å². The van der Waals surface area contributed by atoms with Gasteiger partial charge in [-0.1, -0.05) is 46.9 Å². The van der Waals surface area contributed by atoms with E-state index >= 15 is 0 Å². The number of amides is 4. The molecule has 0 spiro atoms. The van der Waals surface area contributed by atoms with Gasteiger partial charge in [-0.3, -0.25) is 74.9 Å². The van der Waals surface area contributed by atoms with Crippen molar-refractivity contribution in [3.63, 3.8) is 0 Å². The highest BCUT2D eigenvalue weighted by atomic mass is 35.5. The Morgan fingerprint density at radius 1 is 0.371 bits per heavy atom. The van der Waals surface area contributed by atoms with Crippen LogP contribution in [0.1, 0.15) is 0 Å². The fourth-order valence-electron chi connectivity index (χ4n) is 8.80. The monoisotopic (exact) mass is 1480 g/mol. The Hall–Kier alpha value is -15.0. The molecule has 0 aliphatic carbocycles. The Bertz CT molecular complexity index is 5690. The lowest BCUT2D eigenvalue weighted by atomic mass is 10.1. The number of nitrogens with two attached hydrogens (primary N) is 4. The molecule has 12 aromatic rings. The molecule has 0 fully saturated rings. The van der Waals surface area contributed by atoms with Gasteiger partial charge in [0, 0.05) is 79.9 Å². The Kier molecular flexibility index (Phi) is 23.5. The fraction of sp³-hybridized carbons (Fsp3) is 0. The molecule has 0 bridgehead atoms. The van der Waals surface area contributed by atoms with Crippen LogP contribution >= 0.6 is 34.8 Å². The predicted octanol–water partition coefficient (Wildman–Crippen LogP) is 14.0. The van der Waals surface area contributed by atoms with Crippen LogP contribution in [0.2, 0.25) is 15.1 Å². The highest BCUT2D eigenvalue weighted by molar-refractivity contribution is 6.31. The van der Waals surface area contributed by atoms with E-state index in [0.717, 1.165) is 0 Å². The Morgan fingerprint density at radius 3 is 0.933 bits per heavy atom. The van der Waals surface area contributed by atoms with Crippen molar-refractivity contribution in [2.45, 2.75) is 0 Å². The van der Waals surface area contributed by atoms with Gasteiger partial charge in [0.15, 0.2) is 22.7 Å². The second-order valence-corrected chi connectivity index (χ2v) is 21.9. The number of carbonyl (C=O) groups is 4. The topological polar surface area (TPSA) is 565 Å². The normalized spacial score (nSPS) is 11.0. The lowest BCUT2D eigenvalue weighted by Gasteiger charge is -1.99. The first kappa shape index (κ1) is 74.2. The van der Waals surface area contributed by atoms with E-state index in [9.17, 15) is 73.1 Å². The minimum absolute atomic E-state index is 0.121. The average molecular weight is 1490 g/mol. The van der Waals surface area contributed by atoms with Crippen molar-refractivity contribution in [1.29, 1.82) is 0 Å². The molecule has 4 amide bonds. The van der Waals surface area contributed by atoms with Crippen LogP contribution in [0.3, 0.4) is 0 Å². The molecule has 0 aliphatic rings. The van der Waals surface area contributed by atoms with Crippen LogP contribution in [-0.2, 0) is 0 Å². The summed E-state index contributed by atoms with van der Waals surface area (Å²) in [7, 11) is 0. The number of nitrogens with one attached hydrogen (secondary N) is 4. The first-order valence-corrected chi connectivity index (χ1v) is 30.2. The first-order chi connectivity index (χ1) is 50.1. The van der Waals surface area contributed by atoms with Gasteiger partial charge < -0.3 is 22.9 Å². The van der Waals surface area contributed by atoms with Crippen LogP contribution in [-0.4, -0.2) is 83.0 Å². The van der Waals surface area contributed by atoms with Crippen molar-refractivity contribution in [2.24, 2.45) is 63.8 Å². The quantitative estimate of drug-likeness (QED) is 0.0269. The molecule has 0 saturated carbocycles. The van der Waals surface area contributed by atoms with Crippen molar-refractivity contribution in [3.8, 4) is 45.0 Å². The third kappa shape index (κ3) is 18.5. The number of carbonyl (C=O) groups excluding carboxylic acids is 4. The molecule has 5 aromatic heterocycles. The number of benzene rings is 7. The van der Waals surface area contributed by atoms with Crippen molar-refractivity contribution in [2.75, 3.05) is 0 Å². The number of non-ortho nitro benzene ring substituents is 3. The molecule has 5 heterocycles. The van der Waals surface area contributed by atoms with Crippen LogP contribution in [0, 0.1) is 36.2 Å². The lowest BCUT2D eigenvalue weighted by Crippen LogP contribution is -2.29. The highest BCUT2D eigenvalue weighted by Crippen LogP contribution is 2.34. The SMILES string of the molecule is NC(=O)n1[nH]c(-c2ccc(F)cc2)c(N=Nc2cccc(Cl)c2)c1=O.NC(=O)n1[nH]c(-c2ccc([N+](=O)[O-])cc2)c(N=Nc2ccc(Cl)cc2)c1=O.NC(=O)n1[nH]c(-c2ccc([N+](=O)[O-])cc2)c(N=Nc2cccc(Cl)c2)c1=O.NC(=O)n1[nH]c(-c2ccc([N+](=O)[O-])cc2)c(N=Nc2cccnc2)c1=O. The summed E-state index contributed by atoms with van der Waals surface area (Å²) >= 11 is 17.6. The minimum atomic E-state index is -1.03. The number of primary amides is 4. The second-order valence-electron chi connectivity index (χ2n) is 20.6. The van der Waals surface area contributed by atoms with Gasteiger partial charge in [0.1, 0.15) is 11.5 Å². The van der Waals surface area contributed by atoms with Crippen molar-refractivity contribution in [3.05, 3.63) is 287 Å². The number of rotatable bonds is 15. The number of hydrogen-bond donors (Lipinski definition) is 8. The molecule has 528 valence electrons. The van der Waals surface area contributed by atoms with Crippen molar-refractivity contribution < 1.29 is 38.3 Å². The predicted molar refractivity (Wildman–Crippen MR) is 377 cm³/mol. The summed E-state index contributed by atoms with van der Waals surface area (Å²) in [4.78, 5) is 130. The fourth-order valence-corrected chi connectivity index (χ4v) is 9.30. The Balaban J connectivity index is 0.000000162. The number of nitro groups is 3. The van der Waals surface area contributed by atoms with E-state index in [4.69, 9.17) is 57.7 Å². The molecule has 0 unspecified atom stereocenters. The van der Waals surface area contributed by atoms with E-state index in [2.05, 4.69) is 66.3 Å². The number of aromatic nitrogens is 9. The largest absolute Gasteiger partial charge is 0.350 e. The van der Waals surface area contributed by atoms with Crippen LogP contribution in [0.25, 0.3) is 45.0 Å². The number of halogens is 4. The van der Waals surface area contributed by atoms with Crippen molar-refractivity contribution in [1.82, 2.24) is 44.1 Å². The molecular formula is C63H44Cl3FN24O14. The number of nitrogens with zero attached hydrogens (tertiary/aromatic N) is 16. The highest BCUT2D eigenvalue weighted by Gasteiger charge is 2.24. The maximum absolute atomic E-state index is 13.1. The standard InChI is InChI=1S/C16H11ClFN5O2.2C16H11ClN6O4.C15H11N7O4/c17-10-2-1-3-12(8-10)20-21-14-13(9-4-6-11(18)7-5-9)22-23(15(14)24)16(19)25;17-10-3-5-11(6-4-10)19-20-14-13(21-22(15(14)24)16(18)25)9-1-7-12(8-2-9)23(26)27;17-10-2-1-3-11(8-10)19-20-14-13(21-22(15(14)24)16(18)25)9-4-6-12(7-5-9)23(26)27;16-15(24)21-14(23)13(19-18-10-2-1-7-17-8-10)12(20-21)9-3-5-11(6-4-9)22(25)26/h1-8,22H,(H2,19,25);2*1-8,21H,(H2,18,25);1-8,20H,(H2,16,24). The summed E-state index contributed by atoms with van der Waals surface area (Å²) in [5.74, 6) is -0.442. The third-order valence-corrected chi connectivity index (χ3v) is 14.5. The summed E-state index contributed by atoms with van der Waals surface area (Å²) < 4.78 is 15.4. The number of nitro benzene ring substituents is 3. The maximum atomic E-state index is 13.1. The summed E-state index contributed by atoms with van der Waals surface area (Å²) in [6.45, 7) is 0. The van der Waals surface area contributed by atoms with Crippen LogP contribution < -0.4 is 45.2 Å². The van der Waals surface area contributed by atoms with Gasteiger partial charge in [0.05, 0.1) is 60.8 Å². The van der Waals surface area contributed by atoms with E-state index in [0.29, 0.717) is 78.8 Å². The number of aromatic amines is 4. The van der Waals surface area contributed by atoms with Crippen LogP contribution in [0.5, 0.6) is 0 Å². The number of azo groups is 4. The van der Waals surface area contributed by atoms with E-state index in [1.54, 1.807) is 85.1 Å². The molecule has 38 nitrogen and oxygen atoms in total. The molecule has 0 saturated heterocycles. The molecular weight excluding hydrogens is 1440 g/mol. The summed E-state index contributed by atoms with van der Waals surface area (Å²) in [5, 5.41) is 75.3.